The van der Waals surface area contributed by atoms with Crippen LogP contribution >= 0.6 is 0 Å². The summed E-state index contributed by atoms with van der Waals surface area (Å²) in [4.78, 5) is 0. The van der Waals surface area contributed by atoms with E-state index in [0.717, 1.165) is 78.9 Å². The monoisotopic (exact) mass is 1000 g/mol. The first kappa shape index (κ1) is 47.3. The number of benzene rings is 10. The third-order valence-corrected chi connectivity index (χ3v) is 14.7. The second-order valence-electron chi connectivity index (χ2n) is 19.2. The van der Waals surface area contributed by atoms with Crippen molar-refractivity contribution in [1.82, 2.24) is 9.13 Å². The van der Waals surface area contributed by atoms with Gasteiger partial charge in [0.15, 0.2) is 23.3 Å². The average Bonchev–Trinajstić information content (AvgIpc) is 3.91. The average molecular weight is 1000 g/mol. The number of fused-ring (bicyclic) bond motifs is 6. The van der Waals surface area contributed by atoms with Crippen molar-refractivity contribution in [2.24, 2.45) is 0 Å². The summed E-state index contributed by atoms with van der Waals surface area (Å²) in [5.74, 6) is -11.2. The SMILES string of the molecule is Cc1ccccc1-c1ccc2c(c1)c1cc(-c3ccccc3C)ccc1n2-c1cc(-c2c(F)c(F)c(F)c(F)c2F)cc(-n2c3ccc(-c4ccccc4C)cc3c3cc(-c4ccccc4C)ccc32)c1C(F)(F)F. The Kier molecular flexibility index (Phi) is 11.2. The normalized spacial score (nSPS) is 12.0. The summed E-state index contributed by atoms with van der Waals surface area (Å²) in [5, 5.41) is 2.23. The summed E-state index contributed by atoms with van der Waals surface area (Å²) in [6.45, 7) is 7.84. The molecule has 368 valence electrons. The molecule has 2 heterocycles. The molecule has 0 N–H and O–H groups in total. The lowest BCUT2D eigenvalue weighted by Gasteiger charge is -2.23. The molecule has 2 aromatic heterocycles. The Bertz CT molecular complexity index is 3880. The van der Waals surface area contributed by atoms with Gasteiger partial charge in [-0.15, -0.1) is 0 Å². The van der Waals surface area contributed by atoms with E-state index in [1.165, 1.54) is 9.13 Å². The van der Waals surface area contributed by atoms with Gasteiger partial charge < -0.3 is 9.13 Å². The van der Waals surface area contributed by atoms with E-state index in [-0.39, 0.29) is 0 Å². The van der Waals surface area contributed by atoms with Crippen molar-refractivity contribution in [2.75, 3.05) is 0 Å². The van der Waals surface area contributed by atoms with Gasteiger partial charge in [-0.2, -0.15) is 13.2 Å². The number of alkyl halides is 3. The maximum Gasteiger partial charge on any atom is 0.420 e. The van der Waals surface area contributed by atoms with Crippen molar-refractivity contribution >= 4 is 43.6 Å². The summed E-state index contributed by atoms with van der Waals surface area (Å²) in [7, 11) is 0. The predicted molar refractivity (Wildman–Crippen MR) is 286 cm³/mol. The quantitative estimate of drug-likeness (QED) is 0.0855. The first-order valence-electron chi connectivity index (χ1n) is 24.3. The second kappa shape index (κ2) is 17.7. The fraction of sp³-hybridized carbons (Fsp3) is 0.0769. The Labute approximate surface area is 426 Å². The molecule has 0 unspecified atom stereocenters. The molecule has 0 aliphatic heterocycles. The zero-order valence-electron chi connectivity index (χ0n) is 40.7. The second-order valence-corrected chi connectivity index (χ2v) is 19.2. The van der Waals surface area contributed by atoms with Crippen molar-refractivity contribution in [1.29, 1.82) is 0 Å². The minimum absolute atomic E-state index is 0.295. The number of hydrogen-bond acceptors (Lipinski definition) is 0. The van der Waals surface area contributed by atoms with Crippen molar-refractivity contribution in [3.8, 4) is 67.0 Å². The van der Waals surface area contributed by atoms with Crippen LogP contribution in [0, 0.1) is 56.8 Å². The van der Waals surface area contributed by atoms with Gasteiger partial charge >= 0.3 is 6.18 Å². The Morgan fingerprint density at radius 3 is 0.840 bits per heavy atom. The topological polar surface area (TPSA) is 9.86 Å². The van der Waals surface area contributed by atoms with Gasteiger partial charge in [-0.1, -0.05) is 121 Å². The van der Waals surface area contributed by atoms with E-state index in [0.29, 0.717) is 43.6 Å². The molecule has 12 aromatic rings. The molecule has 2 nitrogen and oxygen atoms in total. The van der Waals surface area contributed by atoms with Crippen molar-refractivity contribution in [3.05, 3.63) is 239 Å². The molecule has 0 bridgehead atoms. The van der Waals surface area contributed by atoms with Crippen molar-refractivity contribution in [2.45, 2.75) is 33.9 Å². The molecule has 10 heteroatoms. The summed E-state index contributed by atoms with van der Waals surface area (Å²) in [6, 6.07) is 54.3. The van der Waals surface area contributed by atoms with Crippen LogP contribution in [0.1, 0.15) is 27.8 Å². The summed E-state index contributed by atoms with van der Waals surface area (Å²) in [5.41, 5.74) is 7.26. The Morgan fingerprint density at radius 1 is 0.307 bits per heavy atom. The van der Waals surface area contributed by atoms with Crippen LogP contribution in [0.4, 0.5) is 35.1 Å². The van der Waals surface area contributed by atoms with Crippen LogP contribution in [-0.4, -0.2) is 9.13 Å². The molecule has 75 heavy (non-hydrogen) atoms. The molecule has 0 fully saturated rings. The van der Waals surface area contributed by atoms with E-state index in [1.54, 1.807) is 48.5 Å². The summed E-state index contributed by atoms with van der Waals surface area (Å²) >= 11 is 0. The molecule has 12 rings (SSSR count). The highest BCUT2D eigenvalue weighted by Crippen LogP contribution is 2.49. The third-order valence-electron chi connectivity index (χ3n) is 14.7. The zero-order valence-corrected chi connectivity index (χ0v) is 40.7. The highest BCUT2D eigenvalue weighted by molar-refractivity contribution is 6.14. The Balaban J connectivity index is 1.25. The van der Waals surface area contributed by atoms with Gasteiger partial charge in [0.2, 0.25) is 5.82 Å². The molecular formula is C65H42F8N2. The molecule has 0 saturated carbocycles. The fourth-order valence-electron chi connectivity index (χ4n) is 11.1. The van der Waals surface area contributed by atoms with E-state index in [2.05, 4.69) is 0 Å². The van der Waals surface area contributed by atoms with Gasteiger partial charge in [0, 0.05) is 21.5 Å². The number of hydrogen-bond donors (Lipinski definition) is 0. The van der Waals surface area contributed by atoms with E-state index in [1.807, 2.05) is 149 Å². The largest absolute Gasteiger partial charge is 0.420 e. The van der Waals surface area contributed by atoms with E-state index in [4.69, 9.17) is 0 Å². The molecule has 0 radical (unpaired) electrons. The van der Waals surface area contributed by atoms with Crippen LogP contribution in [0.2, 0.25) is 0 Å². The highest BCUT2D eigenvalue weighted by atomic mass is 19.4. The number of aromatic nitrogens is 2. The van der Waals surface area contributed by atoms with Gasteiger partial charge in [0.05, 0.1) is 39.0 Å². The van der Waals surface area contributed by atoms with Gasteiger partial charge in [0.1, 0.15) is 5.56 Å². The minimum atomic E-state index is -5.21. The molecule has 10 aromatic carbocycles. The molecule has 0 spiro atoms. The number of nitrogens with zero attached hydrogens (tertiary/aromatic N) is 2. The van der Waals surface area contributed by atoms with Gasteiger partial charge in [0.25, 0.3) is 0 Å². The highest BCUT2D eigenvalue weighted by Gasteiger charge is 2.40. The first-order chi connectivity index (χ1) is 36.1. The number of aryl methyl sites for hydroxylation is 4. The molecule has 0 aliphatic carbocycles. The first-order valence-corrected chi connectivity index (χ1v) is 24.3. The number of rotatable bonds is 7. The molecule has 0 saturated heterocycles. The Morgan fingerprint density at radius 2 is 0.573 bits per heavy atom. The van der Waals surface area contributed by atoms with Gasteiger partial charge in [-0.05, 0) is 161 Å². The standard InChI is InChI=1S/C65H42F8N2/c1-35-13-5-9-17-44(35)39-21-25-52-48(29-39)49-30-40(45-18-10-6-14-36(45)2)22-26-53(49)74(52)56-33-43(58-60(66)62(68)64(70)63(69)61(58)67)34-57(59(56)65(71,72)73)75-54-27-23-41(46-19-11-7-15-37(46)3)31-50(54)51-32-42(24-28-55(51)75)47-20-12-8-16-38(47)4/h5-34H,1-4H3. The van der Waals surface area contributed by atoms with Gasteiger partial charge in [-0.3, -0.25) is 0 Å². The zero-order chi connectivity index (χ0) is 52.2. The van der Waals surface area contributed by atoms with Gasteiger partial charge in [-0.25, -0.2) is 22.0 Å². The fourth-order valence-corrected chi connectivity index (χ4v) is 11.1. The van der Waals surface area contributed by atoms with E-state index in [9.17, 15) is 4.39 Å². The maximum absolute atomic E-state index is 16.9. The van der Waals surface area contributed by atoms with Crippen LogP contribution in [0.3, 0.4) is 0 Å². The van der Waals surface area contributed by atoms with Crippen LogP contribution in [0.15, 0.2) is 182 Å². The van der Waals surface area contributed by atoms with Crippen molar-refractivity contribution in [3.63, 3.8) is 0 Å². The van der Waals surface area contributed by atoms with E-state index < -0.39 is 63.3 Å². The molecular weight excluding hydrogens is 961 g/mol. The molecule has 0 amide bonds. The predicted octanol–water partition coefficient (Wildman–Crippen LogP) is 19.2. The molecule has 0 atom stereocenters. The lowest BCUT2D eigenvalue weighted by atomic mass is 9.97. The summed E-state index contributed by atoms with van der Waals surface area (Å²) < 4.78 is 132. The molecule has 0 aliphatic rings. The number of halogens is 8. The van der Waals surface area contributed by atoms with Crippen LogP contribution in [0.25, 0.3) is 111 Å². The lowest BCUT2D eigenvalue weighted by molar-refractivity contribution is -0.137. The Hall–Kier alpha value is -8.76. The van der Waals surface area contributed by atoms with E-state index >= 15 is 30.7 Å². The maximum atomic E-state index is 16.9. The summed E-state index contributed by atoms with van der Waals surface area (Å²) in [6.07, 6.45) is -5.21. The minimum Gasteiger partial charge on any atom is -0.309 e. The van der Waals surface area contributed by atoms with Crippen LogP contribution < -0.4 is 0 Å². The van der Waals surface area contributed by atoms with Crippen molar-refractivity contribution < 1.29 is 35.1 Å². The van der Waals surface area contributed by atoms with Crippen LogP contribution in [-0.2, 0) is 6.18 Å². The third kappa shape index (κ3) is 7.60. The van der Waals surface area contributed by atoms with Crippen LogP contribution in [0.5, 0.6) is 0 Å². The lowest BCUT2D eigenvalue weighted by Crippen LogP contribution is -2.16. The smallest absolute Gasteiger partial charge is 0.309 e.